The smallest absolute Gasteiger partial charge is 0.210 e. The van der Waals surface area contributed by atoms with Crippen LogP contribution in [0.5, 0.6) is 11.5 Å². The highest BCUT2D eigenvalue weighted by Gasteiger charge is 2.20. The number of nitrogens with two attached hydrogens (primary N) is 2. The number of benzene rings is 1. The number of hydrogen-bond acceptors (Lipinski definition) is 4. The van der Waals surface area contributed by atoms with Gasteiger partial charge in [-0.2, -0.15) is 4.39 Å². The van der Waals surface area contributed by atoms with E-state index in [1.165, 1.54) is 0 Å². The first-order valence-corrected chi connectivity index (χ1v) is 2.90. The largest absolute Gasteiger partial charge is 0.503 e. The van der Waals surface area contributed by atoms with Crippen LogP contribution in [0.15, 0.2) is 0 Å². The molecule has 0 heterocycles. The van der Waals surface area contributed by atoms with Crippen molar-refractivity contribution >= 4 is 11.4 Å². The summed E-state index contributed by atoms with van der Waals surface area (Å²) in [5.41, 5.74) is 8.16. The predicted octanol–water partition coefficient (Wildman–Crippen LogP) is 0.540. The van der Waals surface area contributed by atoms with Gasteiger partial charge in [-0.05, 0) is 0 Å². The molecule has 0 amide bonds. The van der Waals surface area contributed by atoms with Crippen molar-refractivity contribution in [1.29, 1.82) is 0 Å². The quantitative estimate of drug-likeness (QED) is 0.263. The van der Waals surface area contributed by atoms with Crippen LogP contribution in [0.2, 0.25) is 0 Å². The second kappa shape index (κ2) is 2.40. The van der Waals surface area contributed by atoms with E-state index in [-0.39, 0.29) is 0 Å². The molecule has 0 saturated heterocycles. The highest BCUT2D eigenvalue weighted by molar-refractivity contribution is 5.68. The molecule has 1 aromatic rings. The van der Waals surface area contributed by atoms with Crippen molar-refractivity contribution in [2.45, 2.75) is 0 Å². The second-order valence-corrected chi connectivity index (χ2v) is 2.15. The lowest BCUT2D eigenvalue weighted by Gasteiger charge is -2.06. The molecule has 0 aliphatic carbocycles. The van der Waals surface area contributed by atoms with E-state index in [0.29, 0.717) is 0 Å². The summed E-state index contributed by atoms with van der Waals surface area (Å²) in [6.07, 6.45) is 0. The monoisotopic (exact) mass is 176 g/mol. The van der Waals surface area contributed by atoms with Gasteiger partial charge in [0.05, 0.1) is 0 Å². The number of anilines is 2. The molecule has 0 saturated carbocycles. The molecule has 1 rings (SSSR count). The number of halogens is 2. The molecule has 12 heavy (non-hydrogen) atoms. The van der Waals surface area contributed by atoms with Gasteiger partial charge in [0.1, 0.15) is 11.4 Å². The summed E-state index contributed by atoms with van der Waals surface area (Å²) < 4.78 is 25.3. The van der Waals surface area contributed by atoms with Crippen LogP contribution in [0.3, 0.4) is 0 Å². The summed E-state index contributed by atoms with van der Waals surface area (Å²) in [6, 6.07) is 0. The van der Waals surface area contributed by atoms with Crippen LogP contribution in [-0.2, 0) is 0 Å². The number of phenols is 2. The van der Waals surface area contributed by atoms with Crippen molar-refractivity contribution in [1.82, 2.24) is 0 Å². The highest BCUT2D eigenvalue weighted by atomic mass is 19.1. The van der Waals surface area contributed by atoms with Gasteiger partial charge in [-0.1, -0.05) is 0 Å². The van der Waals surface area contributed by atoms with Crippen molar-refractivity contribution in [2.75, 3.05) is 11.5 Å². The Balaban J connectivity index is 3.60. The minimum absolute atomic E-state index is 0.817. The third kappa shape index (κ3) is 0.884. The molecule has 4 nitrogen and oxygen atoms in total. The van der Waals surface area contributed by atoms with Gasteiger partial charge in [-0.15, -0.1) is 0 Å². The van der Waals surface area contributed by atoms with Crippen LogP contribution < -0.4 is 11.5 Å². The average molecular weight is 176 g/mol. The summed E-state index contributed by atoms with van der Waals surface area (Å²) in [5, 5.41) is 17.5. The Kier molecular flexibility index (Phi) is 1.68. The van der Waals surface area contributed by atoms with E-state index in [9.17, 15) is 8.78 Å². The lowest BCUT2D eigenvalue weighted by molar-refractivity contribution is 0.387. The van der Waals surface area contributed by atoms with Gasteiger partial charge in [0, 0.05) is 0 Å². The van der Waals surface area contributed by atoms with E-state index in [0.717, 1.165) is 0 Å². The van der Waals surface area contributed by atoms with E-state index in [4.69, 9.17) is 21.7 Å². The summed E-state index contributed by atoms with van der Waals surface area (Å²) in [6.45, 7) is 0. The maximum atomic E-state index is 12.7. The Morgan fingerprint density at radius 2 is 1.17 bits per heavy atom. The van der Waals surface area contributed by atoms with Gasteiger partial charge in [0.2, 0.25) is 5.82 Å². The van der Waals surface area contributed by atoms with Crippen molar-refractivity contribution in [3.05, 3.63) is 11.6 Å². The van der Waals surface area contributed by atoms with E-state index in [2.05, 4.69) is 0 Å². The number of hydrogen-bond donors (Lipinski definition) is 4. The molecule has 0 radical (unpaired) electrons. The summed E-state index contributed by atoms with van der Waals surface area (Å²) in [4.78, 5) is 0. The Bertz CT molecular complexity index is 236. The standard InChI is InChI=1S/C6H6F2N2O2/c7-1-3(9)5(11)2(8)6(12)4(1)10/h11-12H,9-10H2. The lowest BCUT2D eigenvalue weighted by atomic mass is 10.2. The van der Waals surface area contributed by atoms with Crippen LogP contribution in [-0.4, -0.2) is 10.2 Å². The van der Waals surface area contributed by atoms with Crippen LogP contribution in [0.25, 0.3) is 0 Å². The van der Waals surface area contributed by atoms with E-state index in [1.807, 2.05) is 0 Å². The molecule has 0 fully saturated rings. The van der Waals surface area contributed by atoms with Gasteiger partial charge in [-0.3, -0.25) is 0 Å². The van der Waals surface area contributed by atoms with Crippen LogP contribution >= 0.6 is 0 Å². The molecular weight excluding hydrogens is 170 g/mol. The molecule has 0 aliphatic rings. The fourth-order valence-corrected chi connectivity index (χ4v) is 0.702. The first-order chi connectivity index (χ1) is 5.46. The Morgan fingerprint density at radius 1 is 0.833 bits per heavy atom. The van der Waals surface area contributed by atoms with Gasteiger partial charge >= 0.3 is 0 Å². The Labute approximate surface area is 66.0 Å². The van der Waals surface area contributed by atoms with E-state index >= 15 is 0 Å². The first-order valence-electron chi connectivity index (χ1n) is 2.90. The SMILES string of the molecule is Nc1c(O)c(F)c(O)c(N)c1F. The minimum atomic E-state index is -1.42. The van der Waals surface area contributed by atoms with Crippen molar-refractivity contribution in [3.8, 4) is 11.5 Å². The predicted molar refractivity (Wildman–Crippen MR) is 38.5 cm³/mol. The number of phenolic OH excluding ortho intramolecular Hbond substituents is 2. The topological polar surface area (TPSA) is 92.5 Å². The Hall–Kier alpha value is -1.72. The number of rotatable bonds is 0. The third-order valence-corrected chi connectivity index (χ3v) is 1.40. The van der Waals surface area contributed by atoms with Gasteiger partial charge in [0.15, 0.2) is 17.3 Å². The average Bonchev–Trinajstić information content (AvgIpc) is 2.08. The molecule has 6 heteroatoms. The molecule has 0 atom stereocenters. The van der Waals surface area contributed by atoms with Crippen LogP contribution in [0.1, 0.15) is 0 Å². The molecular formula is C6H6F2N2O2. The second-order valence-electron chi connectivity index (χ2n) is 2.15. The van der Waals surface area contributed by atoms with E-state index in [1.54, 1.807) is 0 Å². The van der Waals surface area contributed by atoms with E-state index < -0.39 is 34.5 Å². The molecule has 0 spiro atoms. The molecule has 6 N–H and O–H groups in total. The summed E-state index contributed by atoms with van der Waals surface area (Å²) in [7, 11) is 0. The highest BCUT2D eigenvalue weighted by Crippen LogP contribution is 2.38. The lowest BCUT2D eigenvalue weighted by Crippen LogP contribution is -2.00. The normalized spacial score (nSPS) is 10.2. The molecule has 1 aromatic carbocycles. The van der Waals surface area contributed by atoms with Crippen molar-refractivity contribution < 1.29 is 19.0 Å². The fraction of sp³-hybridized carbons (Fsp3) is 0. The summed E-state index contributed by atoms with van der Waals surface area (Å²) in [5.74, 6) is -4.93. The molecule has 0 unspecified atom stereocenters. The van der Waals surface area contributed by atoms with Gasteiger partial charge in [-0.25, -0.2) is 4.39 Å². The number of aromatic hydroxyl groups is 2. The maximum Gasteiger partial charge on any atom is 0.210 e. The van der Waals surface area contributed by atoms with Gasteiger partial charge < -0.3 is 21.7 Å². The Morgan fingerprint density at radius 3 is 1.50 bits per heavy atom. The maximum absolute atomic E-state index is 12.7. The molecule has 0 aromatic heterocycles. The minimum Gasteiger partial charge on any atom is -0.503 e. The van der Waals surface area contributed by atoms with Gasteiger partial charge in [0.25, 0.3) is 0 Å². The molecule has 66 valence electrons. The van der Waals surface area contributed by atoms with Crippen molar-refractivity contribution in [3.63, 3.8) is 0 Å². The number of nitrogen functional groups attached to an aromatic ring is 2. The van der Waals surface area contributed by atoms with Crippen LogP contribution in [0.4, 0.5) is 20.2 Å². The molecule has 0 aliphatic heterocycles. The fourth-order valence-electron chi connectivity index (χ4n) is 0.702. The van der Waals surface area contributed by atoms with Crippen molar-refractivity contribution in [2.24, 2.45) is 0 Å². The third-order valence-electron chi connectivity index (χ3n) is 1.40. The zero-order valence-electron chi connectivity index (χ0n) is 5.81. The molecule has 0 bridgehead atoms. The first kappa shape index (κ1) is 8.38. The summed E-state index contributed by atoms with van der Waals surface area (Å²) >= 11 is 0. The zero-order valence-corrected chi connectivity index (χ0v) is 5.81. The zero-order chi connectivity index (χ0) is 9.46. The van der Waals surface area contributed by atoms with Crippen LogP contribution in [0, 0.1) is 11.6 Å².